The van der Waals surface area contributed by atoms with E-state index in [1.807, 2.05) is 0 Å². The van der Waals surface area contributed by atoms with E-state index in [0.717, 1.165) is 45.8 Å². The average molecular weight is 921 g/mol. The monoisotopic (exact) mass is 914 g/mol. The highest BCUT2D eigenvalue weighted by atomic mass is 79.9. The van der Waals surface area contributed by atoms with E-state index >= 15 is 0 Å². The molecule has 10 heteroatoms. The molecule has 2 aromatic rings. The molecular formula is C24H25Br7O3. The van der Waals surface area contributed by atoms with Gasteiger partial charge >= 0.3 is 0 Å². The van der Waals surface area contributed by atoms with Gasteiger partial charge < -0.3 is 14.2 Å². The molecule has 188 valence electrons. The van der Waals surface area contributed by atoms with Gasteiger partial charge in [-0.05, 0) is 99.1 Å². The first-order valence-corrected chi connectivity index (χ1v) is 16.6. The minimum Gasteiger partial charge on any atom is -0.490 e. The minimum absolute atomic E-state index is 0.0716. The molecule has 0 aliphatic carbocycles. The molecule has 0 fully saturated rings. The molecule has 0 aliphatic rings. The van der Waals surface area contributed by atoms with E-state index in [9.17, 15) is 0 Å². The second kappa shape index (κ2) is 14.9. The lowest BCUT2D eigenvalue weighted by atomic mass is 9.78. The Balaban J connectivity index is 2.28. The summed E-state index contributed by atoms with van der Waals surface area (Å²) in [6, 6.07) is 8.43. The van der Waals surface area contributed by atoms with Crippen molar-refractivity contribution in [3.8, 4) is 11.5 Å². The number of hydrogen-bond donors (Lipinski definition) is 0. The van der Waals surface area contributed by atoms with Crippen LogP contribution in [0.4, 0.5) is 0 Å². The number of halogens is 7. The summed E-state index contributed by atoms with van der Waals surface area (Å²) in [6.45, 7) is 9.54. The van der Waals surface area contributed by atoms with Crippen molar-refractivity contribution in [2.24, 2.45) is 0 Å². The molecule has 0 bridgehead atoms. The maximum atomic E-state index is 6.08. The number of alkyl halides is 3. The molecule has 3 nitrogen and oxygen atoms in total. The van der Waals surface area contributed by atoms with Gasteiger partial charge in [-0.1, -0.05) is 67.7 Å². The van der Waals surface area contributed by atoms with Gasteiger partial charge in [0.15, 0.2) is 0 Å². The van der Waals surface area contributed by atoms with Gasteiger partial charge in [0.1, 0.15) is 30.8 Å². The highest BCUT2D eigenvalue weighted by Crippen LogP contribution is 2.44. The van der Waals surface area contributed by atoms with Crippen molar-refractivity contribution in [3.63, 3.8) is 0 Å². The lowest BCUT2D eigenvalue weighted by Crippen LogP contribution is -2.24. The third-order valence-electron chi connectivity index (χ3n) is 5.05. The number of rotatable bonds is 13. The van der Waals surface area contributed by atoms with E-state index in [1.165, 1.54) is 0 Å². The Bertz CT molecular complexity index is 935. The summed E-state index contributed by atoms with van der Waals surface area (Å²) in [4.78, 5) is 0.233. The van der Waals surface area contributed by atoms with Gasteiger partial charge in [0.05, 0.1) is 29.3 Å². The van der Waals surface area contributed by atoms with Crippen LogP contribution in [0.15, 0.2) is 54.8 Å². The standard InChI is InChI=1S/C24H25Br7O3/c1-4-5-32-17(11-26)13-34-23-20(30)8-15(9-21(23)31)24(2,3)14-6-18(28)22(19(29)7-14)33-12-16(27)10-25/h4,6-9,16-17H,1,5,10-13H2,2-3H3. The summed E-state index contributed by atoms with van der Waals surface area (Å²) in [5, 5.41) is 1.49. The fraction of sp³-hybridized carbons (Fsp3) is 0.417. The molecular weight excluding hydrogens is 896 g/mol. The highest BCUT2D eigenvalue weighted by molar-refractivity contribution is 9.12. The Morgan fingerprint density at radius 2 is 1.26 bits per heavy atom. The van der Waals surface area contributed by atoms with Crippen molar-refractivity contribution < 1.29 is 14.2 Å². The third kappa shape index (κ3) is 8.57. The first-order valence-electron chi connectivity index (χ1n) is 10.3. The molecule has 2 aromatic carbocycles. The van der Waals surface area contributed by atoms with Crippen molar-refractivity contribution in [3.05, 3.63) is 65.9 Å². The summed E-state index contributed by atoms with van der Waals surface area (Å²) < 4.78 is 21.3. The first-order chi connectivity index (χ1) is 16.0. The van der Waals surface area contributed by atoms with E-state index < -0.39 is 0 Å². The molecule has 0 aliphatic heterocycles. The molecule has 2 rings (SSSR count). The molecule has 0 amide bonds. The van der Waals surface area contributed by atoms with Crippen LogP contribution in [0.1, 0.15) is 25.0 Å². The summed E-state index contributed by atoms with van der Waals surface area (Å²) in [6.07, 6.45) is 1.66. The Labute approximate surface area is 261 Å². The molecule has 34 heavy (non-hydrogen) atoms. The summed E-state index contributed by atoms with van der Waals surface area (Å²) in [5.41, 5.74) is 1.98. The average Bonchev–Trinajstić information content (AvgIpc) is 2.79. The second-order valence-corrected chi connectivity index (χ2v) is 13.9. The third-order valence-corrected chi connectivity index (χ3v) is 10.4. The quantitative estimate of drug-likeness (QED) is 0.148. The van der Waals surface area contributed by atoms with Crippen molar-refractivity contribution >= 4 is 112 Å². The Kier molecular flexibility index (Phi) is 13.7. The van der Waals surface area contributed by atoms with Gasteiger partial charge in [0, 0.05) is 16.1 Å². The molecule has 0 saturated heterocycles. The zero-order chi connectivity index (χ0) is 25.5. The van der Waals surface area contributed by atoms with Gasteiger partial charge in [-0.25, -0.2) is 0 Å². The van der Waals surface area contributed by atoms with Crippen LogP contribution in [-0.2, 0) is 10.2 Å². The zero-order valence-electron chi connectivity index (χ0n) is 18.7. The summed E-state index contributed by atoms with van der Waals surface area (Å²) in [7, 11) is 0. The molecule has 0 N–H and O–H groups in total. The Hall–Kier alpha value is 1.10. The van der Waals surface area contributed by atoms with Gasteiger partial charge in [0.25, 0.3) is 0 Å². The molecule has 0 aromatic heterocycles. The van der Waals surface area contributed by atoms with Crippen LogP contribution in [0.2, 0.25) is 0 Å². The zero-order valence-corrected chi connectivity index (χ0v) is 29.8. The van der Waals surface area contributed by atoms with Crippen LogP contribution in [0.3, 0.4) is 0 Å². The maximum absolute atomic E-state index is 6.08. The van der Waals surface area contributed by atoms with E-state index in [0.29, 0.717) is 25.2 Å². The SMILES string of the molecule is C=CCOC(CBr)COc1c(Br)cc(C(C)(C)c2cc(Br)c(OCC(Br)CBr)c(Br)c2)cc1Br. The summed E-state index contributed by atoms with van der Waals surface area (Å²) in [5.74, 6) is 1.53. The van der Waals surface area contributed by atoms with Crippen LogP contribution in [0.5, 0.6) is 11.5 Å². The highest BCUT2D eigenvalue weighted by Gasteiger charge is 2.27. The van der Waals surface area contributed by atoms with Crippen LogP contribution in [-0.4, -0.2) is 41.4 Å². The van der Waals surface area contributed by atoms with Gasteiger partial charge in [-0.15, -0.1) is 6.58 Å². The summed E-state index contributed by atoms with van der Waals surface area (Å²) >= 11 is 25.3. The van der Waals surface area contributed by atoms with Gasteiger partial charge in [-0.2, -0.15) is 0 Å². The lowest BCUT2D eigenvalue weighted by molar-refractivity contribution is 0.0529. The molecule has 2 unspecified atom stereocenters. The first kappa shape index (κ1) is 31.3. The Morgan fingerprint density at radius 1 is 0.824 bits per heavy atom. The molecule has 2 atom stereocenters. The van der Waals surface area contributed by atoms with Crippen molar-refractivity contribution in [1.82, 2.24) is 0 Å². The van der Waals surface area contributed by atoms with Gasteiger partial charge in [-0.3, -0.25) is 0 Å². The van der Waals surface area contributed by atoms with E-state index in [1.54, 1.807) is 6.08 Å². The van der Waals surface area contributed by atoms with Crippen molar-refractivity contribution in [1.29, 1.82) is 0 Å². The topological polar surface area (TPSA) is 27.7 Å². The lowest BCUT2D eigenvalue weighted by Gasteiger charge is -2.28. The molecule has 0 heterocycles. The smallest absolute Gasteiger partial charge is 0.147 e. The largest absolute Gasteiger partial charge is 0.490 e. The molecule has 0 saturated carbocycles. The maximum Gasteiger partial charge on any atom is 0.147 e. The second-order valence-electron chi connectivity index (χ2n) is 7.93. The Morgan fingerprint density at radius 3 is 1.65 bits per heavy atom. The van der Waals surface area contributed by atoms with Gasteiger partial charge in [0.2, 0.25) is 0 Å². The predicted octanol–water partition coefficient (Wildman–Crippen LogP) is 9.94. The fourth-order valence-corrected chi connectivity index (χ4v) is 6.54. The molecule has 0 spiro atoms. The van der Waals surface area contributed by atoms with Crippen LogP contribution < -0.4 is 9.47 Å². The predicted molar refractivity (Wildman–Crippen MR) is 167 cm³/mol. The van der Waals surface area contributed by atoms with E-state index in [4.69, 9.17) is 14.2 Å². The van der Waals surface area contributed by atoms with E-state index in [2.05, 4.69) is 156 Å². The fourth-order valence-electron chi connectivity index (χ4n) is 3.02. The van der Waals surface area contributed by atoms with Crippen LogP contribution in [0, 0.1) is 0 Å². The normalized spacial score (nSPS) is 13.4. The number of ether oxygens (including phenoxy) is 3. The van der Waals surface area contributed by atoms with E-state index in [-0.39, 0.29) is 16.3 Å². The minimum atomic E-state index is -0.285. The van der Waals surface area contributed by atoms with Crippen LogP contribution >= 0.6 is 112 Å². The van der Waals surface area contributed by atoms with Crippen molar-refractivity contribution in [2.45, 2.75) is 30.2 Å². The van der Waals surface area contributed by atoms with Crippen molar-refractivity contribution in [2.75, 3.05) is 30.5 Å². The van der Waals surface area contributed by atoms with Crippen LogP contribution in [0.25, 0.3) is 0 Å². The number of hydrogen-bond acceptors (Lipinski definition) is 3. The number of benzene rings is 2. The molecule has 0 radical (unpaired) electrons.